The van der Waals surface area contributed by atoms with Gasteiger partial charge in [-0.25, -0.2) is 0 Å². The molecule has 0 aromatic carbocycles. The van der Waals surface area contributed by atoms with Crippen molar-refractivity contribution in [2.24, 2.45) is 16.7 Å². The van der Waals surface area contributed by atoms with Crippen LogP contribution < -0.4 is 0 Å². The van der Waals surface area contributed by atoms with Gasteiger partial charge in [-0.05, 0) is 38.0 Å². The van der Waals surface area contributed by atoms with Crippen molar-refractivity contribution in [3.05, 3.63) is 0 Å². The Morgan fingerprint density at radius 3 is 2.45 bits per heavy atom. The Labute approximate surface area is 122 Å². The second-order valence-electron chi connectivity index (χ2n) is 8.01. The first-order valence-corrected chi connectivity index (χ1v) is 8.47. The molecule has 0 N–H and O–H groups in total. The Bertz CT molecular complexity index is 442. The number of likely N-dealkylation sites (tertiary alicyclic amines) is 1. The summed E-state index contributed by atoms with van der Waals surface area (Å²) in [5.41, 5.74) is -0.155. The van der Waals surface area contributed by atoms with Crippen molar-refractivity contribution < 1.29 is 9.53 Å². The fraction of sp³-hybridized carbons (Fsp3) is 0.941. The number of carbonyl (C=O) groups excluding carboxylic acids is 1. The zero-order chi connectivity index (χ0) is 14.0. The van der Waals surface area contributed by atoms with Gasteiger partial charge in [0, 0.05) is 23.9 Å². The zero-order valence-electron chi connectivity index (χ0n) is 12.9. The Hall–Kier alpha value is -0.570. The molecule has 0 spiro atoms. The van der Waals surface area contributed by atoms with E-state index in [4.69, 9.17) is 4.74 Å². The first kappa shape index (κ1) is 13.1. The summed E-state index contributed by atoms with van der Waals surface area (Å²) in [5.74, 6) is 1.03. The van der Waals surface area contributed by atoms with Gasteiger partial charge in [-0.1, -0.05) is 26.7 Å². The molecule has 3 nitrogen and oxygen atoms in total. The van der Waals surface area contributed by atoms with E-state index in [2.05, 4.69) is 18.7 Å². The maximum atomic E-state index is 13.3. The van der Waals surface area contributed by atoms with E-state index in [1.165, 1.54) is 38.5 Å². The molecular weight excluding hydrogens is 250 g/mol. The molecule has 2 saturated heterocycles. The standard InChI is InChI=1S/C17H27NO2/c1-15-12-20-17(11-13(15)7-8-16(15,17)2)14(19)18-9-5-3-4-6-10-18/h13H,3-12H2,1-2H3. The highest BCUT2D eigenvalue weighted by molar-refractivity contribution is 5.88. The molecule has 112 valence electrons. The lowest BCUT2D eigenvalue weighted by atomic mass is 9.66. The van der Waals surface area contributed by atoms with Gasteiger partial charge in [0.1, 0.15) is 0 Å². The highest BCUT2D eigenvalue weighted by Gasteiger charge is 2.78. The predicted molar refractivity (Wildman–Crippen MR) is 77.3 cm³/mol. The molecule has 0 aromatic heterocycles. The molecule has 2 aliphatic carbocycles. The average Bonchev–Trinajstić information content (AvgIpc) is 2.79. The van der Waals surface area contributed by atoms with Crippen LogP contribution in [0.3, 0.4) is 0 Å². The van der Waals surface area contributed by atoms with E-state index in [-0.39, 0.29) is 10.8 Å². The third-order valence-corrected chi connectivity index (χ3v) is 7.44. The van der Waals surface area contributed by atoms with Crippen molar-refractivity contribution in [3.63, 3.8) is 0 Å². The first-order chi connectivity index (χ1) is 9.54. The number of hydrogen-bond acceptors (Lipinski definition) is 2. The van der Waals surface area contributed by atoms with E-state index in [0.29, 0.717) is 11.8 Å². The van der Waals surface area contributed by atoms with Gasteiger partial charge in [0.25, 0.3) is 5.91 Å². The van der Waals surface area contributed by atoms with Gasteiger partial charge in [-0.15, -0.1) is 0 Å². The Morgan fingerprint density at radius 1 is 1.15 bits per heavy atom. The monoisotopic (exact) mass is 277 g/mol. The molecule has 0 aromatic rings. The summed E-state index contributed by atoms with van der Waals surface area (Å²) in [7, 11) is 0. The summed E-state index contributed by atoms with van der Waals surface area (Å²) >= 11 is 0. The summed E-state index contributed by atoms with van der Waals surface area (Å²) in [5, 5.41) is 0. The van der Waals surface area contributed by atoms with E-state index >= 15 is 0 Å². The third-order valence-electron chi connectivity index (χ3n) is 7.44. The van der Waals surface area contributed by atoms with Crippen molar-refractivity contribution in [2.45, 2.75) is 64.4 Å². The van der Waals surface area contributed by atoms with Crippen LogP contribution in [-0.2, 0) is 9.53 Å². The minimum absolute atomic E-state index is 0.0774. The van der Waals surface area contributed by atoms with Gasteiger partial charge in [0.2, 0.25) is 0 Å². The van der Waals surface area contributed by atoms with Crippen LogP contribution >= 0.6 is 0 Å². The summed E-state index contributed by atoms with van der Waals surface area (Å²) in [6.45, 7) is 7.40. The highest BCUT2D eigenvalue weighted by atomic mass is 16.5. The van der Waals surface area contributed by atoms with Gasteiger partial charge in [-0.2, -0.15) is 0 Å². The molecule has 3 heteroatoms. The van der Waals surface area contributed by atoms with Crippen molar-refractivity contribution in [2.75, 3.05) is 19.7 Å². The quantitative estimate of drug-likeness (QED) is 0.737. The van der Waals surface area contributed by atoms with Crippen molar-refractivity contribution >= 4 is 5.91 Å². The van der Waals surface area contributed by atoms with Gasteiger partial charge >= 0.3 is 0 Å². The first-order valence-electron chi connectivity index (χ1n) is 8.47. The van der Waals surface area contributed by atoms with Crippen LogP contribution in [-0.4, -0.2) is 36.1 Å². The van der Waals surface area contributed by atoms with Crippen LogP contribution in [0.5, 0.6) is 0 Å². The lowest BCUT2D eigenvalue weighted by Gasteiger charge is -2.42. The normalized spacial score (nSPS) is 50.5. The maximum absolute atomic E-state index is 13.3. The maximum Gasteiger partial charge on any atom is 0.255 e. The molecule has 2 aliphatic heterocycles. The number of nitrogens with zero attached hydrogens (tertiary/aromatic N) is 1. The lowest BCUT2D eigenvalue weighted by molar-refractivity contribution is -0.167. The van der Waals surface area contributed by atoms with Crippen LogP contribution in [0.1, 0.15) is 58.8 Å². The molecule has 20 heavy (non-hydrogen) atoms. The summed E-state index contributed by atoms with van der Waals surface area (Å²) in [6.07, 6.45) is 8.33. The number of ether oxygens (including phenoxy) is 1. The highest BCUT2D eigenvalue weighted by Crippen LogP contribution is 2.75. The van der Waals surface area contributed by atoms with E-state index < -0.39 is 5.60 Å². The minimum Gasteiger partial charge on any atom is -0.364 e. The molecule has 4 bridgehead atoms. The molecule has 1 amide bonds. The van der Waals surface area contributed by atoms with Crippen LogP contribution in [0.4, 0.5) is 0 Å². The number of carbonyl (C=O) groups is 1. The van der Waals surface area contributed by atoms with Crippen LogP contribution in [0.2, 0.25) is 0 Å². The molecule has 4 fully saturated rings. The van der Waals surface area contributed by atoms with Gasteiger partial charge in [0.15, 0.2) is 5.60 Å². The average molecular weight is 277 g/mol. The summed E-state index contributed by atoms with van der Waals surface area (Å²) in [4.78, 5) is 15.4. The smallest absolute Gasteiger partial charge is 0.255 e. The molecule has 4 rings (SSSR count). The van der Waals surface area contributed by atoms with E-state index in [9.17, 15) is 4.79 Å². The Morgan fingerprint density at radius 2 is 1.85 bits per heavy atom. The molecule has 4 atom stereocenters. The Kier molecular flexibility index (Phi) is 2.62. The lowest BCUT2D eigenvalue weighted by Crippen LogP contribution is -2.56. The number of amides is 1. The van der Waals surface area contributed by atoms with Gasteiger partial charge in [-0.3, -0.25) is 4.79 Å². The fourth-order valence-electron chi connectivity index (χ4n) is 5.76. The van der Waals surface area contributed by atoms with Gasteiger partial charge in [0.05, 0.1) is 6.61 Å². The van der Waals surface area contributed by atoms with E-state index in [0.717, 1.165) is 26.1 Å². The molecule has 0 radical (unpaired) electrons. The number of hydrogen-bond donors (Lipinski definition) is 0. The SMILES string of the molecule is CC12COC3(C(=O)N4CCCCCC4)CC1CCC32C. The predicted octanol–water partition coefficient (Wildman–Crippen LogP) is 2.98. The van der Waals surface area contributed by atoms with Gasteiger partial charge < -0.3 is 9.64 Å². The van der Waals surface area contributed by atoms with E-state index in [1.54, 1.807) is 0 Å². The van der Waals surface area contributed by atoms with Crippen LogP contribution in [0.15, 0.2) is 0 Å². The molecule has 4 aliphatic rings. The Balaban J connectivity index is 1.66. The third kappa shape index (κ3) is 1.29. The molecule has 4 unspecified atom stereocenters. The zero-order valence-corrected chi connectivity index (χ0v) is 12.9. The van der Waals surface area contributed by atoms with Crippen molar-refractivity contribution in [1.29, 1.82) is 0 Å². The molecule has 2 saturated carbocycles. The van der Waals surface area contributed by atoms with Crippen molar-refractivity contribution in [3.8, 4) is 0 Å². The van der Waals surface area contributed by atoms with Crippen LogP contribution in [0, 0.1) is 16.7 Å². The molecule has 2 heterocycles. The largest absolute Gasteiger partial charge is 0.364 e. The second kappa shape index (κ2) is 4.00. The van der Waals surface area contributed by atoms with E-state index in [1.807, 2.05) is 0 Å². The van der Waals surface area contributed by atoms with Crippen LogP contribution in [0.25, 0.3) is 0 Å². The van der Waals surface area contributed by atoms with Crippen molar-refractivity contribution in [1.82, 2.24) is 4.90 Å². The fourth-order valence-corrected chi connectivity index (χ4v) is 5.76. The second-order valence-corrected chi connectivity index (χ2v) is 8.01. The number of rotatable bonds is 1. The summed E-state index contributed by atoms with van der Waals surface area (Å²) < 4.78 is 6.24. The minimum atomic E-state index is -0.477. The summed E-state index contributed by atoms with van der Waals surface area (Å²) in [6, 6.07) is 0. The topological polar surface area (TPSA) is 29.5 Å². The molecular formula is C17H27NO2.